The van der Waals surface area contributed by atoms with Crippen LogP contribution in [0.15, 0.2) is 30.3 Å². The molecule has 0 aliphatic heterocycles. The van der Waals surface area contributed by atoms with Crippen molar-refractivity contribution < 1.29 is 14.3 Å². The van der Waals surface area contributed by atoms with Crippen LogP contribution in [0.25, 0.3) is 0 Å². The number of hydrogen-bond donors (Lipinski definition) is 0. The summed E-state index contributed by atoms with van der Waals surface area (Å²) in [6.07, 6.45) is 0. The van der Waals surface area contributed by atoms with Crippen LogP contribution < -0.4 is 0 Å². The maximum absolute atomic E-state index is 12.1. The lowest BCUT2D eigenvalue weighted by Gasteiger charge is -2.32. The number of carbonyl (C=O) groups excluding carboxylic acids is 2. The smallest absolute Gasteiger partial charge is 0.331 e. The molecule has 0 unspecified atom stereocenters. The van der Waals surface area contributed by atoms with Crippen molar-refractivity contribution in [3.63, 3.8) is 0 Å². The summed E-state index contributed by atoms with van der Waals surface area (Å²) in [7, 11) is 2.90. The third-order valence-corrected chi connectivity index (χ3v) is 2.85. The van der Waals surface area contributed by atoms with E-state index in [1.165, 1.54) is 12.0 Å². The van der Waals surface area contributed by atoms with Gasteiger partial charge in [-0.2, -0.15) is 0 Å². The Bertz CT molecular complexity index is 412. The fraction of sp³-hybridized carbons (Fsp3) is 0.385. The normalized spacial score (nSPS) is 10.8. The molecule has 1 amide bonds. The summed E-state index contributed by atoms with van der Waals surface area (Å²) >= 11 is 0. The van der Waals surface area contributed by atoms with Gasteiger partial charge in [-0.3, -0.25) is 4.79 Å². The summed E-state index contributed by atoms with van der Waals surface area (Å²) in [5, 5.41) is 0. The second-order valence-corrected chi connectivity index (χ2v) is 4.28. The van der Waals surface area contributed by atoms with Crippen LogP contribution in [0.3, 0.4) is 0 Å². The fourth-order valence-electron chi connectivity index (χ4n) is 1.41. The zero-order valence-corrected chi connectivity index (χ0v) is 10.6. The summed E-state index contributed by atoms with van der Waals surface area (Å²) in [5.41, 5.74) is -0.436. The Balaban J connectivity index is 2.94. The summed E-state index contributed by atoms with van der Waals surface area (Å²) in [5.74, 6) is -0.648. The molecule has 0 N–H and O–H groups in total. The Morgan fingerprint density at radius 3 is 2.18 bits per heavy atom. The van der Waals surface area contributed by atoms with Gasteiger partial charge in [-0.15, -0.1) is 0 Å². The number of nitrogens with zero attached hydrogens (tertiary/aromatic N) is 1. The first-order valence-electron chi connectivity index (χ1n) is 5.33. The molecular formula is C13H17NO3. The first-order valence-corrected chi connectivity index (χ1v) is 5.33. The Morgan fingerprint density at radius 1 is 1.18 bits per heavy atom. The van der Waals surface area contributed by atoms with Crippen LogP contribution in [0, 0.1) is 0 Å². The van der Waals surface area contributed by atoms with E-state index in [9.17, 15) is 9.59 Å². The van der Waals surface area contributed by atoms with Crippen LogP contribution in [0.1, 0.15) is 24.2 Å². The monoisotopic (exact) mass is 234 g/mol. The van der Waals surface area contributed by atoms with Gasteiger partial charge in [-0.25, -0.2) is 4.79 Å². The number of ether oxygens (including phenoxy) is 1. The molecule has 0 aromatic heterocycles. The van der Waals surface area contributed by atoms with Crippen molar-refractivity contribution in [2.24, 2.45) is 0 Å². The van der Waals surface area contributed by atoms with Crippen molar-refractivity contribution in [2.45, 2.75) is 19.4 Å². The molecule has 1 aromatic rings. The number of amides is 1. The molecule has 17 heavy (non-hydrogen) atoms. The van der Waals surface area contributed by atoms with E-state index in [-0.39, 0.29) is 5.91 Å². The maximum Gasteiger partial charge on any atom is 0.331 e. The highest BCUT2D eigenvalue weighted by atomic mass is 16.5. The molecule has 0 heterocycles. The van der Waals surface area contributed by atoms with E-state index in [0.717, 1.165) is 0 Å². The van der Waals surface area contributed by atoms with E-state index in [1.54, 1.807) is 45.2 Å². The molecule has 92 valence electrons. The van der Waals surface area contributed by atoms with Gasteiger partial charge in [0.2, 0.25) is 0 Å². The second kappa shape index (κ2) is 4.99. The minimum atomic E-state index is -0.984. The van der Waals surface area contributed by atoms with E-state index in [4.69, 9.17) is 0 Å². The molecule has 0 bridgehead atoms. The Hall–Kier alpha value is -1.84. The van der Waals surface area contributed by atoms with Crippen LogP contribution in [0.4, 0.5) is 0 Å². The van der Waals surface area contributed by atoms with Gasteiger partial charge in [0.1, 0.15) is 5.54 Å². The third kappa shape index (κ3) is 2.64. The minimum absolute atomic E-state index is 0.207. The molecule has 0 radical (unpaired) electrons. The average Bonchev–Trinajstić information content (AvgIpc) is 2.36. The van der Waals surface area contributed by atoms with Crippen LogP contribution in [-0.4, -0.2) is 36.5 Å². The van der Waals surface area contributed by atoms with Crippen LogP contribution in [0.2, 0.25) is 0 Å². The van der Waals surface area contributed by atoms with Crippen molar-refractivity contribution in [1.29, 1.82) is 0 Å². The highest BCUT2D eigenvalue weighted by Crippen LogP contribution is 2.17. The summed E-state index contributed by atoms with van der Waals surface area (Å²) in [6.45, 7) is 3.30. The molecule has 1 aromatic carbocycles. The molecule has 0 saturated heterocycles. The lowest BCUT2D eigenvalue weighted by atomic mass is 9.99. The number of rotatable bonds is 3. The number of esters is 1. The van der Waals surface area contributed by atoms with E-state index >= 15 is 0 Å². The van der Waals surface area contributed by atoms with Crippen LogP contribution in [0.5, 0.6) is 0 Å². The summed E-state index contributed by atoms with van der Waals surface area (Å²) < 4.78 is 4.69. The molecule has 0 aliphatic rings. The van der Waals surface area contributed by atoms with E-state index in [1.807, 2.05) is 6.07 Å². The summed E-state index contributed by atoms with van der Waals surface area (Å²) in [4.78, 5) is 25.1. The minimum Gasteiger partial charge on any atom is -0.467 e. The Labute approximate surface area is 101 Å². The zero-order chi connectivity index (χ0) is 13.1. The highest BCUT2D eigenvalue weighted by molar-refractivity contribution is 5.97. The van der Waals surface area contributed by atoms with Gasteiger partial charge < -0.3 is 9.64 Å². The largest absolute Gasteiger partial charge is 0.467 e. The molecule has 0 saturated carbocycles. The predicted octanol–water partition coefficient (Wildman–Crippen LogP) is 1.71. The lowest BCUT2D eigenvalue weighted by Crippen LogP contribution is -2.51. The van der Waals surface area contributed by atoms with Gasteiger partial charge >= 0.3 is 5.97 Å². The summed E-state index contributed by atoms with van der Waals surface area (Å²) in [6, 6.07) is 8.83. The van der Waals surface area contributed by atoms with Crippen molar-refractivity contribution in [3.05, 3.63) is 35.9 Å². The average molecular weight is 234 g/mol. The first kappa shape index (κ1) is 13.2. The highest BCUT2D eigenvalue weighted by Gasteiger charge is 2.36. The van der Waals surface area contributed by atoms with Gasteiger partial charge in [0.15, 0.2) is 0 Å². The predicted molar refractivity (Wildman–Crippen MR) is 64.6 cm³/mol. The van der Waals surface area contributed by atoms with Gasteiger partial charge in [0, 0.05) is 12.6 Å². The van der Waals surface area contributed by atoms with E-state index in [2.05, 4.69) is 4.74 Å². The fourth-order valence-corrected chi connectivity index (χ4v) is 1.41. The molecule has 1 rings (SSSR count). The number of likely N-dealkylation sites (N-methyl/N-ethyl adjacent to an activating group) is 1. The van der Waals surface area contributed by atoms with Crippen LogP contribution in [-0.2, 0) is 9.53 Å². The maximum atomic E-state index is 12.1. The van der Waals surface area contributed by atoms with E-state index in [0.29, 0.717) is 5.56 Å². The zero-order valence-electron chi connectivity index (χ0n) is 10.6. The third-order valence-electron chi connectivity index (χ3n) is 2.85. The number of methoxy groups -OCH3 is 1. The van der Waals surface area contributed by atoms with Crippen molar-refractivity contribution in [3.8, 4) is 0 Å². The molecular weight excluding hydrogens is 217 g/mol. The van der Waals surface area contributed by atoms with Crippen LogP contribution >= 0.6 is 0 Å². The number of benzene rings is 1. The van der Waals surface area contributed by atoms with Crippen molar-refractivity contribution in [1.82, 2.24) is 4.90 Å². The molecule has 4 nitrogen and oxygen atoms in total. The SMILES string of the molecule is COC(=O)C(C)(C)N([11CH3])C(=O)c1ccccc1. The molecule has 0 fully saturated rings. The first-order chi connectivity index (χ1) is 7.91. The molecule has 0 atom stereocenters. The Morgan fingerprint density at radius 2 is 1.71 bits per heavy atom. The van der Waals surface area contributed by atoms with Gasteiger partial charge in [0.25, 0.3) is 5.91 Å². The van der Waals surface area contributed by atoms with Gasteiger partial charge in [0.05, 0.1) is 7.11 Å². The quantitative estimate of drug-likeness (QED) is 0.748. The number of carbonyl (C=O) groups is 2. The number of hydrogen-bond acceptors (Lipinski definition) is 3. The lowest BCUT2D eigenvalue weighted by molar-refractivity contribution is -0.150. The Kier molecular flexibility index (Phi) is 3.89. The molecule has 4 heteroatoms. The topological polar surface area (TPSA) is 46.6 Å². The van der Waals surface area contributed by atoms with E-state index < -0.39 is 11.5 Å². The standard InChI is InChI=1S/C13H17NO3/c1-13(2,12(16)17-4)14(3)11(15)10-8-6-5-7-9-10/h5-9H,1-4H3/i3-1. The molecule has 0 aliphatic carbocycles. The van der Waals surface area contributed by atoms with Crippen molar-refractivity contribution >= 4 is 11.9 Å². The van der Waals surface area contributed by atoms with Gasteiger partial charge in [-0.05, 0) is 26.0 Å². The second-order valence-electron chi connectivity index (χ2n) is 4.28. The van der Waals surface area contributed by atoms with Gasteiger partial charge in [-0.1, -0.05) is 18.2 Å². The molecule has 0 spiro atoms. The van der Waals surface area contributed by atoms with Crippen molar-refractivity contribution in [2.75, 3.05) is 14.2 Å².